The number of benzene rings is 2. The van der Waals surface area contributed by atoms with Crippen molar-refractivity contribution in [3.63, 3.8) is 0 Å². The van der Waals surface area contributed by atoms with Gasteiger partial charge in [0.15, 0.2) is 0 Å². The Hall–Kier alpha value is -2.13. The number of carbonyl (C=O) groups excluding carboxylic acids is 1. The van der Waals surface area contributed by atoms with Crippen LogP contribution in [0.2, 0.25) is 0 Å². The van der Waals surface area contributed by atoms with Crippen molar-refractivity contribution < 1.29 is 9.53 Å². The van der Waals surface area contributed by atoms with Gasteiger partial charge in [-0.05, 0) is 36.6 Å². The Morgan fingerprint density at radius 2 is 1.81 bits per heavy atom. The molecule has 0 unspecified atom stereocenters. The van der Waals surface area contributed by atoms with Gasteiger partial charge in [0.2, 0.25) is 0 Å². The molecule has 1 atom stereocenters. The van der Waals surface area contributed by atoms with Crippen LogP contribution < -0.4 is 5.73 Å². The van der Waals surface area contributed by atoms with Crippen LogP contribution >= 0.6 is 0 Å². The van der Waals surface area contributed by atoms with Gasteiger partial charge in [-0.15, -0.1) is 0 Å². The summed E-state index contributed by atoms with van der Waals surface area (Å²) < 4.78 is 4.95. The van der Waals surface area contributed by atoms with E-state index in [0.717, 1.165) is 16.7 Å². The lowest BCUT2D eigenvalue weighted by Gasteiger charge is -2.13. The smallest absolute Gasteiger partial charge is 0.307 e. The van der Waals surface area contributed by atoms with Gasteiger partial charge >= 0.3 is 5.97 Å². The van der Waals surface area contributed by atoms with Gasteiger partial charge in [0, 0.05) is 6.04 Å². The summed E-state index contributed by atoms with van der Waals surface area (Å²) in [6.07, 6.45) is 0.200. The Morgan fingerprint density at radius 1 is 1.14 bits per heavy atom. The third-order valence-electron chi connectivity index (χ3n) is 3.36. The number of hydrogen-bond acceptors (Lipinski definition) is 3. The predicted octanol–water partition coefficient (Wildman–Crippen LogP) is 3.62. The maximum absolute atomic E-state index is 11.5. The summed E-state index contributed by atoms with van der Waals surface area (Å²) in [6, 6.07) is 16.0. The molecular formula is C18H21NO2. The van der Waals surface area contributed by atoms with Gasteiger partial charge in [0.25, 0.3) is 0 Å². The van der Waals surface area contributed by atoms with Crippen LogP contribution in [0.1, 0.15) is 30.5 Å². The van der Waals surface area contributed by atoms with Crippen LogP contribution in [0, 0.1) is 6.92 Å². The van der Waals surface area contributed by atoms with Gasteiger partial charge in [-0.2, -0.15) is 0 Å². The van der Waals surface area contributed by atoms with Crippen LogP contribution in [0.4, 0.5) is 0 Å². The highest BCUT2D eigenvalue weighted by atomic mass is 16.5. The summed E-state index contributed by atoms with van der Waals surface area (Å²) in [5.74, 6) is -0.258. The highest BCUT2D eigenvalue weighted by molar-refractivity contribution is 5.71. The minimum Gasteiger partial charge on any atom is -0.466 e. The molecule has 0 spiro atoms. The molecule has 0 aliphatic rings. The number of nitrogens with two attached hydrogens (primary N) is 1. The predicted molar refractivity (Wildman–Crippen MR) is 84.8 cm³/mol. The average Bonchev–Trinajstić information content (AvgIpc) is 2.47. The van der Waals surface area contributed by atoms with Crippen molar-refractivity contribution in [2.45, 2.75) is 26.3 Å². The molecule has 110 valence electrons. The minimum absolute atomic E-state index is 0.200. The first-order valence-corrected chi connectivity index (χ1v) is 7.18. The molecule has 0 radical (unpaired) electrons. The van der Waals surface area contributed by atoms with E-state index in [4.69, 9.17) is 10.5 Å². The van der Waals surface area contributed by atoms with E-state index in [1.165, 1.54) is 5.56 Å². The van der Waals surface area contributed by atoms with Crippen LogP contribution in [0.15, 0.2) is 48.5 Å². The number of rotatable bonds is 5. The molecule has 0 fully saturated rings. The van der Waals surface area contributed by atoms with E-state index in [-0.39, 0.29) is 18.4 Å². The Labute approximate surface area is 125 Å². The Bertz CT molecular complexity index is 622. The second kappa shape index (κ2) is 7.04. The van der Waals surface area contributed by atoms with Crippen molar-refractivity contribution in [2.24, 2.45) is 5.73 Å². The standard InChI is InChI=1S/C18H21NO2/c1-3-21-18(20)12-17(19)16-9-5-8-15(11-16)14-7-4-6-13(2)10-14/h4-11,17H,3,12,19H2,1-2H3/t17-/m0/s1. The summed E-state index contributed by atoms with van der Waals surface area (Å²) in [5.41, 5.74) is 10.5. The highest BCUT2D eigenvalue weighted by Gasteiger charge is 2.13. The molecule has 0 bridgehead atoms. The maximum atomic E-state index is 11.5. The summed E-state index contributed by atoms with van der Waals surface area (Å²) in [5, 5.41) is 0. The molecule has 0 saturated carbocycles. The maximum Gasteiger partial charge on any atom is 0.307 e. The summed E-state index contributed by atoms with van der Waals surface area (Å²) >= 11 is 0. The number of ether oxygens (including phenoxy) is 1. The molecule has 0 aromatic heterocycles. The molecule has 2 rings (SSSR count). The SMILES string of the molecule is CCOC(=O)C[C@H](N)c1cccc(-c2cccc(C)c2)c1. The first kappa shape index (κ1) is 15.3. The van der Waals surface area contributed by atoms with Gasteiger partial charge in [0.05, 0.1) is 13.0 Å². The van der Waals surface area contributed by atoms with Crippen molar-refractivity contribution in [3.8, 4) is 11.1 Å². The third kappa shape index (κ3) is 4.17. The minimum atomic E-state index is -0.339. The van der Waals surface area contributed by atoms with Crippen molar-refractivity contribution in [1.82, 2.24) is 0 Å². The topological polar surface area (TPSA) is 52.3 Å². The Balaban J connectivity index is 2.19. The van der Waals surface area contributed by atoms with Crippen LogP contribution in [0.3, 0.4) is 0 Å². The lowest BCUT2D eigenvalue weighted by Crippen LogP contribution is -2.17. The van der Waals surface area contributed by atoms with E-state index in [0.29, 0.717) is 6.61 Å². The summed E-state index contributed by atoms with van der Waals surface area (Å²) in [7, 11) is 0. The van der Waals surface area contributed by atoms with Gasteiger partial charge in [-0.3, -0.25) is 4.79 Å². The summed E-state index contributed by atoms with van der Waals surface area (Å²) in [4.78, 5) is 11.5. The second-order valence-electron chi connectivity index (χ2n) is 5.11. The van der Waals surface area contributed by atoms with E-state index >= 15 is 0 Å². The molecule has 0 saturated heterocycles. The average molecular weight is 283 g/mol. The zero-order chi connectivity index (χ0) is 15.2. The summed E-state index contributed by atoms with van der Waals surface area (Å²) in [6.45, 7) is 4.25. The van der Waals surface area contributed by atoms with Crippen molar-refractivity contribution in [3.05, 3.63) is 59.7 Å². The van der Waals surface area contributed by atoms with Crippen LogP contribution in [-0.4, -0.2) is 12.6 Å². The largest absolute Gasteiger partial charge is 0.466 e. The molecule has 3 nitrogen and oxygen atoms in total. The van der Waals surface area contributed by atoms with Crippen LogP contribution in [0.25, 0.3) is 11.1 Å². The van der Waals surface area contributed by atoms with Gasteiger partial charge in [-0.25, -0.2) is 0 Å². The fraction of sp³-hybridized carbons (Fsp3) is 0.278. The molecule has 0 heterocycles. The van der Waals surface area contributed by atoms with Crippen molar-refractivity contribution >= 4 is 5.97 Å². The number of aryl methyl sites for hydroxylation is 1. The molecule has 2 N–H and O–H groups in total. The fourth-order valence-electron chi connectivity index (χ4n) is 2.29. The van der Waals surface area contributed by atoms with Crippen LogP contribution in [0.5, 0.6) is 0 Å². The fourth-order valence-corrected chi connectivity index (χ4v) is 2.29. The van der Waals surface area contributed by atoms with Crippen molar-refractivity contribution in [1.29, 1.82) is 0 Å². The zero-order valence-corrected chi connectivity index (χ0v) is 12.5. The Morgan fingerprint density at radius 3 is 2.48 bits per heavy atom. The molecule has 3 heteroatoms. The molecule has 0 aliphatic carbocycles. The first-order chi connectivity index (χ1) is 10.1. The molecular weight excluding hydrogens is 262 g/mol. The van der Waals surface area contributed by atoms with E-state index in [9.17, 15) is 4.79 Å². The number of hydrogen-bond donors (Lipinski definition) is 1. The number of esters is 1. The second-order valence-corrected chi connectivity index (χ2v) is 5.11. The molecule has 2 aromatic carbocycles. The molecule has 21 heavy (non-hydrogen) atoms. The van der Waals surface area contributed by atoms with Crippen LogP contribution in [-0.2, 0) is 9.53 Å². The lowest BCUT2D eigenvalue weighted by atomic mass is 9.97. The number of carbonyl (C=O) groups is 1. The van der Waals surface area contributed by atoms with Gasteiger partial charge in [0.1, 0.15) is 0 Å². The lowest BCUT2D eigenvalue weighted by molar-refractivity contribution is -0.143. The van der Waals surface area contributed by atoms with Gasteiger partial charge in [-0.1, -0.05) is 48.0 Å². The van der Waals surface area contributed by atoms with E-state index in [1.54, 1.807) is 6.92 Å². The van der Waals surface area contributed by atoms with Crippen molar-refractivity contribution in [2.75, 3.05) is 6.61 Å². The normalized spacial score (nSPS) is 12.0. The van der Waals surface area contributed by atoms with E-state index in [1.807, 2.05) is 24.3 Å². The monoisotopic (exact) mass is 283 g/mol. The van der Waals surface area contributed by atoms with Gasteiger partial charge < -0.3 is 10.5 Å². The quantitative estimate of drug-likeness (QED) is 0.853. The molecule has 0 aliphatic heterocycles. The van der Waals surface area contributed by atoms with E-state index in [2.05, 4.69) is 31.2 Å². The highest BCUT2D eigenvalue weighted by Crippen LogP contribution is 2.24. The zero-order valence-electron chi connectivity index (χ0n) is 12.5. The molecule has 0 amide bonds. The molecule has 2 aromatic rings. The third-order valence-corrected chi connectivity index (χ3v) is 3.36. The Kier molecular flexibility index (Phi) is 5.12. The van der Waals surface area contributed by atoms with E-state index < -0.39 is 0 Å². The first-order valence-electron chi connectivity index (χ1n) is 7.18.